The average molecular weight is 248 g/mol. The highest BCUT2D eigenvalue weighted by Crippen LogP contribution is 2.29. The molecule has 0 spiro atoms. The Labute approximate surface area is 108 Å². The second-order valence-electron chi connectivity index (χ2n) is 5.24. The van der Waals surface area contributed by atoms with Crippen LogP contribution in [0.25, 0.3) is 0 Å². The highest BCUT2D eigenvalue weighted by Gasteiger charge is 2.22. The van der Waals surface area contributed by atoms with Crippen molar-refractivity contribution < 1.29 is 9.90 Å². The van der Waals surface area contributed by atoms with E-state index in [4.69, 9.17) is 5.11 Å². The third-order valence-corrected chi connectivity index (χ3v) is 3.83. The molecule has 18 heavy (non-hydrogen) atoms. The number of carbonyl (C=O) groups is 1. The maximum absolute atomic E-state index is 10.8. The van der Waals surface area contributed by atoms with Crippen molar-refractivity contribution in [1.82, 2.24) is 4.98 Å². The molecule has 4 heteroatoms. The Hall–Kier alpha value is -1.58. The van der Waals surface area contributed by atoms with Crippen LogP contribution in [-0.4, -0.2) is 29.1 Å². The molecule has 0 aromatic carbocycles. The van der Waals surface area contributed by atoms with Crippen LogP contribution in [-0.2, 0) is 0 Å². The lowest BCUT2D eigenvalue weighted by Crippen LogP contribution is -2.35. The molecule has 0 radical (unpaired) electrons. The summed E-state index contributed by atoms with van der Waals surface area (Å²) in [6.45, 7) is 2.30. The van der Waals surface area contributed by atoms with Gasteiger partial charge in [-0.2, -0.15) is 0 Å². The largest absolute Gasteiger partial charge is 0.477 e. The molecule has 1 aliphatic rings. The molecule has 1 fully saturated rings. The summed E-state index contributed by atoms with van der Waals surface area (Å²) in [7, 11) is 2.07. The highest BCUT2D eigenvalue weighted by molar-refractivity contribution is 5.85. The van der Waals surface area contributed by atoms with Gasteiger partial charge in [-0.05, 0) is 30.9 Å². The van der Waals surface area contributed by atoms with Gasteiger partial charge >= 0.3 is 5.97 Å². The number of hydrogen-bond acceptors (Lipinski definition) is 3. The van der Waals surface area contributed by atoms with Gasteiger partial charge in [0.05, 0.1) is 11.9 Å². The second kappa shape index (κ2) is 5.38. The van der Waals surface area contributed by atoms with Crippen molar-refractivity contribution in [1.29, 1.82) is 0 Å². The van der Waals surface area contributed by atoms with E-state index >= 15 is 0 Å². The van der Waals surface area contributed by atoms with Crippen molar-refractivity contribution in [2.75, 3.05) is 11.9 Å². The normalized spacial score (nSPS) is 23.7. The van der Waals surface area contributed by atoms with Crippen molar-refractivity contribution in [2.24, 2.45) is 5.92 Å². The molecule has 2 unspecified atom stereocenters. The van der Waals surface area contributed by atoms with Crippen molar-refractivity contribution in [3.63, 3.8) is 0 Å². The number of anilines is 1. The summed E-state index contributed by atoms with van der Waals surface area (Å²) in [5, 5.41) is 8.82. The first-order valence-corrected chi connectivity index (χ1v) is 6.50. The van der Waals surface area contributed by atoms with Crippen molar-refractivity contribution in [3.05, 3.63) is 24.0 Å². The zero-order valence-electron chi connectivity index (χ0n) is 11.0. The van der Waals surface area contributed by atoms with E-state index in [-0.39, 0.29) is 5.69 Å². The Morgan fingerprint density at radius 1 is 1.44 bits per heavy atom. The summed E-state index contributed by atoms with van der Waals surface area (Å²) in [5.74, 6) is -0.201. The molecule has 0 aliphatic heterocycles. The van der Waals surface area contributed by atoms with E-state index in [0.29, 0.717) is 6.04 Å². The van der Waals surface area contributed by atoms with E-state index in [2.05, 4.69) is 23.9 Å². The van der Waals surface area contributed by atoms with Crippen LogP contribution in [0.5, 0.6) is 0 Å². The molecule has 0 amide bonds. The van der Waals surface area contributed by atoms with Crippen LogP contribution in [0.15, 0.2) is 18.3 Å². The lowest BCUT2D eigenvalue weighted by molar-refractivity contribution is 0.0690. The van der Waals surface area contributed by atoms with Gasteiger partial charge in [-0.3, -0.25) is 0 Å². The Balaban J connectivity index is 2.08. The summed E-state index contributed by atoms with van der Waals surface area (Å²) in [4.78, 5) is 17.0. The Bertz CT molecular complexity index is 416. The Morgan fingerprint density at radius 2 is 2.22 bits per heavy atom. The maximum Gasteiger partial charge on any atom is 0.354 e. The first-order chi connectivity index (χ1) is 8.58. The van der Waals surface area contributed by atoms with Crippen molar-refractivity contribution in [3.8, 4) is 0 Å². The lowest BCUT2D eigenvalue weighted by Gasteiger charge is -2.35. The summed E-state index contributed by atoms with van der Waals surface area (Å²) < 4.78 is 0. The van der Waals surface area contributed by atoms with Gasteiger partial charge in [-0.1, -0.05) is 19.8 Å². The van der Waals surface area contributed by atoms with Gasteiger partial charge in [0.2, 0.25) is 0 Å². The summed E-state index contributed by atoms with van der Waals surface area (Å²) in [5.41, 5.74) is 1.10. The minimum absolute atomic E-state index is 0.101. The molecule has 1 saturated carbocycles. The number of pyridine rings is 1. The number of rotatable bonds is 3. The summed E-state index contributed by atoms with van der Waals surface area (Å²) in [6, 6.07) is 3.96. The molecule has 1 aliphatic carbocycles. The van der Waals surface area contributed by atoms with Gasteiger partial charge in [0, 0.05) is 13.1 Å². The first-order valence-electron chi connectivity index (χ1n) is 6.50. The van der Waals surface area contributed by atoms with E-state index < -0.39 is 5.97 Å². The van der Waals surface area contributed by atoms with E-state index in [1.807, 2.05) is 6.07 Å². The molecule has 0 saturated heterocycles. The zero-order chi connectivity index (χ0) is 13.1. The number of aromatic nitrogens is 1. The molecule has 4 nitrogen and oxygen atoms in total. The van der Waals surface area contributed by atoms with Gasteiger partial charge in [0.15, 0.2) is 0 Å². The Kier molecular flexibility index (Phi) is 3.84. The van der Waals surface area contributed by atoms with E-state index in [9.17, 15) is 4.79 Å². The van der Waals surface area contributed by atoms with Crippen LogP contribution < -0.4 is 4.90 Å². The molecule has 1 heterocycles. The van der Waals surface area contributed by atoms with Crippen LogP contribution >= 0.6 is 0 Å². The second-order valence-corrected chi connectivity index (χ2v) is 5.24. The van der Waals surface area contributed by atoms with Crippen molar-refractivity contribution >= 4 is 11.7 Å². The fourth-order valence-electron chi connectivity index (χ4n) is 2.69. The fraction of sp³-hybridized carbons (Fsp3) is 0.571. The predicted octanol–water partition coefficient (Wildman–Crippen LogP) is 2.79. The van der Waals surface area contributed by atoms with Crippen LogP contribution in [0.3, 0.4) is 0 Å². The smallest absolute Gasteiger partial charge is 0.354 e. The molecular formula is C14H20N2O2. The molecule has 2 atom stereocenters. The standard InChI is InChI=1S/C14H20N2O2/c1-10-4-3-5-11(8-10)16(2)12-6-7-13(14(17)18)15-9-12/h6-7,9-11H,3-5,8H2,1-2H3,(H,17,18). The van der Waals surface area contributed by atoms with Gasteiger partial charge in [0.25, 0.3) is 0 Å². The minimum Gasteiger partial charge on any atom is -0.477 e. The summed E-state index contributed by atoms with van der Waals surface area (Å²) >= 11 is 0. The van der Waals surface area contributed by atoms with Crippen LogP contribution in [0, 0.1) is 5.92 Å². The Morgan fingerprint density at radius 3 is 2.78 bits per heavy atom. The van der Waals surface area contributed by atoms with Crippen molar-refractivity contribution in [2.45, 2.75) is 38.6 Å². The number of nitrogens with zero attached hydrogens (tertiary/aromatic N) is 2. The van der Waals surface area contributed by atoms with Crippen LogP contribution in [0.1, 0.15) is 43.1 Å². The number of carboxylic acid groups (broad SMARTS) is 1. The zero-order valence-corrected chi connectivity index (χ0v) is 11.0. The minimum atomic E-state index is -0.976. The van der Waals surface area contributed by atoms with Gasteiger partial charge in [0.1, 0.15) is 5.69 Å². The van der Waals surface area contributed by atoms with Gasteiger partial charge < -0.3 is 10.0 Å². The topological polar surface area (TPSA) is 53.4 Å². The van der Waals surface area contributed by atoms with E-state index in [1.165, 1.54) is 25.7 Å². The third-order valence-electron chi connectivity index (χ3n) is 3.83. The molecular weight excluding hydrogens is 228 g/mol. The predicted molar refractivity (Wildman–Crippen MR) is 71.0 cm³/mol. The van der Waals surface area contributed by atoms with Crippen LogP contribution in [0.2, 0.25) is 0 Å². The highest BCUT2D eigenvalue weighted by atomic mass is 16.4. The fourth-order valence-corrected chi connectivity index (χ4v) is 2.69. The monoisotopic (exact) mass is 248 g/mol. The molecule has 2 rings (SSSR count). The SMILES string of the molecule is CC1CCCC(N(C)c2ccc(C(=O)O)nc2)C1. The first kappa shape index (κ1) is 12.9. The molecule has 1 N–H and O–H groups in total. The third kappa shape index (κ3) is 2.81. The van der Waals surface area contributed by atoms with E-state index in [1.54, 1.807) is 12.3 Å². The van der Waals surface area contributed by atoms with Gasteiger partial charge in [-0.25, -0.2) is 9.78 Å². The van der Waals surface area contributed by atoms with E-state index in [0.717, 1.165) is 11.6 Å². The average Bonchev–Trinajstić information content (AvgIpc) is 2.38. The molecule has 1 aromatic rings. The molecule has 0 bridgehead atoms. The maximum atomic E-state index is 10.8. The number of carboxylic acids is 1. The van der Waals surface area contributed by atoms with Gasteiger partial charge in [-0.15, -0.1) is 0 Å². The quantitative estimate of drug-likeness (QED) is 0.893. The number of aromatic carboxylic acids is 1. The molecule has 1 aromatic heterocycles. The molecule has 98 valence electrons. The number of hydrogen-bond donors (Lipinski definition) is 1. The summed E-state index contributed by atoms with van der Waals surface area (Å²) in [6.07, 6.45) is 6.67. The lowest BCUT2D eigenvalue weighted by atomic mass is 9.86. The van der Waals surface area contributed by atoms with Crippen LogP contribution in [0.4, 0.5) is 5.69 Å².